The van der Waals surface area contributed by atoms with Gasteiger partial charge in [0, 0.05) is 32.7 Å². The number of fused-ring (bicyclic) bond motifs is 1. The summed E-state index contributed by atoms with van der Waals surface area (Å²) in [5.74, 6) is -0.0152. The third-order valence-electron chi connectivity index (χ3n) is 3.96. The minimum atomic E-state index is -0.0152. The van der Waals surface area contributed by atoms with Crippen molar-refractivity contribution < 1.29 is 9.53 Å². The summed E-state index contributed by atoms with van der Waals surface area (Å²) in [4.78, 5) is 20.4. The molecule has 0 N–H and O–H groups in total. The highest BCUT2D eigenvalue weighted by atomic mass is 35.5. The third kappa shape index (κ3) is 4.00. The van der Waals surface area contributed by atoms with Crippen molar-refractivity contribution in [2.75, 3.05) is 27.3 Å². The Morgan fingerprint density at radius 3 is 2.80 bits per heavy atom. The number of para-hydroxylation sites is 1. The Balaban J connectivity index is 2.02. The number of benzene rings is 1. The molecule has 0 aliphatic rings. The molecule has 3 aromatic rings. The van der Waals surface area contributed by atoms with E-state index in [1.165, 1.54) is 11.3 Å². The van der Waals surface area contributed by atoms with Crippen LogP contribution in [0.5, 0.6) is 0 Å². The molecule has 0 bridgehead atoms. The molecule has 3 rings (SSSR count). The van der Waals surface area contributed by atoms with Gasteiger partial charge in [0.2, 0.25) is 0 Å². The maximum Gasteiger partial charge on any atom is 0.254 e. The summed E-state index contributed by atoms with van der Waals surface area (Å²) in [7, 11) is 3.48. The van der Waals surface area contributed by atoms with Crippen LogP contribution < -0.4 is 0 Å². The quantitative estimate of drug-likeness (QED) is 0.586. The van der Waals surface area contributed by atoms with E-state index in [4.69, 9.17) is 21.3 Å². The zero-order valence-corrected chi connectivity index (χ0v) is 15.7. The van der Waals surface area contributed by atoms with Crippen molar-refractivity contribution in [3.8, 4) is 10.6 Å². The zero-order chi connectivity index (χ0) is 17.8. The number of nitrogens with zero attached hydrogens (tertiary/aromatic N) is 2. The lowest BCUT2D eigenvalue weighted by atomic mass is 10.1. The molecular weight excluding hydrogens is 356 g/mol. The topological polar surface area (TPSA) is 42.4 Å². The molecular formula is C19H19ClN2O2S. The van der Waals surface area contributed by atoms with Gasteiger partial charge >= 0.3 is 0 Å². The van der Waals surface area contributed by atoms with E-state index in [0.717, 1.165) is 27.9 Å². The van der Waals surface area contributed by atoms with E-state index in [1.54, 1.807) is 12.0 Å². The Bertz CT molecular complexity index is 894. The van der Waals surface area contributed by atoms with Crippen molar-refractivity contribution >= 4 is 39.7 Å². The molecule has 0 aliphatic carbocycles. The highest BCUT2D eigenvalue weighted by Crippen LogP contribution is 2.32. The van der Waals surface area contributed by atoms with E-state index in [2.05, 4.69) is 0 Å². The first kappa shape index (κ1) is 17.9. The van der Waals surface area contributed by atoms with Gasteiger partial charge in [-0.1, -0.05) is 29.8 Å². The van der Waals surface area contributed by atoms with Crippen molar-refractivity contribution in [1.29, 1.82) is 0 Å². The normalized spacial score (nSPS) is 11.0. The largest absolute Gasteiger partial charge is 0.385 e. The molecule has 0 atom stereocenters. The maximum atomic E-state index is 13.0. The van der Waals surface area contributed by atoms with Gasteiger partial charge in [0.05, 0.1) is 26.0 Å². The Hall–Kier alpha value is -1.95. The van der Waals surface area contributed by atoms with E-state index in [-0.39, 0.29) is 5.91 Å². The summed E-state index contributed by atoms with van der Waals surface area (Å²) < 4.78 is 5.77. The van der Waals surface area contributed by atoms with Crippen LogP contribution in [0.4, 0.5) is 0 Å². The van der Waals surface area contributed by atoms with Gasteiger partial charge in [-0.2, -0.15) is 0 Å². The van der Waals surface area contributed by atoms with Crippen LogP contribution in [0.1, 0.15) is 16.8 Å². The fourth-order valence-electron chi connectivity index (χ4n) is 2.68. The van der Waals surface area contributed by atoms with E-state index in [0.29, 0.717) is 23.1 Å². The van der Waals surface area contributed by atoms with Crippen LogP contribution in [-0.4, -0.2) is 43.1 Å². The van der Waals surface area contributed by atoms with Crippen molar-refractivity contribution in [3.63, 3.8) is 0 Å². The molecule has 2 aromatic heterocycles. The van der Waals surface area contributed by atoms with Gasteiger partial charge < -0.3 is 9.64 Å². The summed E-state index contributed by atoms with van der Waals surface area (Å²) in [6.45, 7) is 1.27. The second-order valence-corrected chi connectivity index (χ2v) is 7.46. The fraction of sp³-hybridized carbons (Fsp3) is 0.263. The number of halogens is 1. The summed E-state index contributed by atoms with van der Waals surface area (Å²) in [5.41, 5.74) is 2.23. The summed E-state index contributed by atoms with van der Waals surface area (Å²) >= 11 is 7.51. The third-order valence-corrected chi connectivity index (χ3v) is 5.21. The lowest BCUT2D eigenvalue weighted by molar-refractivity contribution is 0.0781. The van der Waals surface area contributed by atoms with Gasteiger partial charge in [-0.3, -0.25) is 4.79 Å². The molecule has 0 radical (unpaired) electrons. The number of rotatable bonds is 6. The second kappa shape index (κ2) is 7.95. The van der Waals surface area contributed by atoms with Gasteiger partial charge in [-0.25, -0.2) is 4.98 Å². The average molecular weight is 375 g/mol. The highest BCUT2D eigenvalue weighted by Gasteiger charge is 2.17. The molecule has 1 amide bonds. The highest BCUT2D eigenvalue weighted by molar-refractivity contribution is 7.19. The molecule has 6 heteroatoms. The zero-order valence-electron chi connectivity index (χ0n) is 14.2. The summed E-state index contributed by atoms with van der Waals surface area (Å²) in [5, 5.41) is 0.859. The number of ether oxygens (including phenoxy) is 1. The standard InChI is InChI=1S/C19H19ClN2O2S/c1-22(10-5-11-24-2)19(23)14-12-16(17-8-9-18(20)25-17)21-15-7-4-3-6-13(14)15/h3-4,6-9,12H,5,10-11H2,1-2H3. The van der Waals surface area contributed by atoms with Crippen LogP contribution in [0.3, 0.4) is 0 Å². The number of methoxy groups -OCH3 is 1. The van der Waals surface area contributed by atoms with Crippen LogP contribution in [0.2, 0.25) is 4.34 Å². The van der Waals surface area contributed by atoms with Crippen LogP contribution in [-0.2, 0) is 4.74 Å². The van der Waals surface area contributed by atoms with Crippen LogP contribution in [0, 0.1) is 0 Å². The van der Waals surface area contributed by atoms with Crippen molar-refractivity contribution in [1.82, 2.24) is 9.88 Å². The number of hydrogen-bond donors (Lipinski definition) is 0. The second-order valence-electron chi connectivity index (χ2n) is 5.75. The molecule has 0 spiro atoms. The van der Waals surface area contributed by atoms with E-state index < -0.39 is 0 Å². The fourth-order valence-corrected chi connectivity index (χ4v) is 3.69. The van der Waals surface area contributed by atoms with E-state index in [9.17, 15) is 4.79 Å². The minimum Gasteiger partial charge on any atom is -0.385 e. The van der Waals surface area contributed by atoms with Crippen LogP contribution >= 0.6 is 22.9 Å². The molecule has 4 nitrogen and oxygen atoms in total. The monoisotopic (exact) mass is 374 g/mol. The molecule has 2 heterocycles. The smallest absolute Gasteiger partial charge is 0.254 e. The summed E-state index contributed by atoms with van der Waals surface area (Å²) in [6, 6.07) is 13.3. The molecule has 1 aromatic carbocycles. The first-order valence-electron chi connectivity index (χ1n) is 8.00. The van der Waals surface area contributed by atoms with Crippen molar-refractivity contribution in [2.24, 2.45) is 0 Å². The molecule has 0 fully saturated rings. The van der Waals surface area contributed by atoms with E-state index in [1.807, 2.05) is 49.5 Å². The number of hydrogen-bond acceptors (Lipinski definition) is 4. The Morgan fingerprint density at radius 1 is 1.28 bits per heavy atom. The van der Waals surface area contributed by atoms with Gasteiger partial charge in [0.15, 0.2) is 0 Å². The Kier molecular flexibility index (Phi) is 5.68. The van der Waals surface area contributed by atoms with Crippen LogP contribution in [0.15, 0.2) is 42.5 Å². The number of carbonyl (C=O) groups is 1. The predicted molar refractivity (Wildman–Crippen MR) is 104 cm³/mol. The average Bonchev–Trinajstić information content (AvgIpc) is 3.06. The van der Waals surface area contributed by atoms with Crippen molar-refractivity contribution in [2.45, 2.75) is 6.42 Å². The van der Waals surface area contributed by atoms with E-state index >= 15 is 0 Å². The SMILES string of the molecule is COCCCN(C)C(=O)c1cc(-c2ccc(Cl)s2)nc2ccccc12. The molecule has 0 aliphatic heterocycles. The van der Waals surface area contributed by atoms with Crippen molar-refractivity contribution in [3.05, 3.63) is 52.4 Å². The molecule has 0 unspecified atom stereocenters. The minimum absolute atomic E-state index is 0.0152. The van der Waals surface area contributed by atoms with Gasteiger partial charge in [-0.15, -0.1) is 11.3 Å². The first-order valence-corrected chi connectivity index (χ1v) is 9.19. The number of carbonyl (C=O) groups excluding carboxylic acids is 1. The number of amides is 1. The number of thiophene rings is 1. The molecule has 0 saturated carbocycles. The number of pyridine rings is 1. The molecule has 0 saturated heterocycles. The Morgan fingerprint density at radius 2 is 2.08 bits per heavy atom. The molecule has 25 heavy (non-hydrogen) atoms. The predicted octanol–water partition coefficient (Wildman–Crippen LogP) is 4.73. The van der Waals surface area contributed by atoms with Gasteiger partial charge in [0.1, 0.15) is 0 Å². The lowest BCUT2D eigenvalue weighted by Gasteiger charge is -2.18. The lowest BCUT2D eigenvalue weighted by Crippen LogP contribution is -2.28. The van der Waals surface area contributed by atoms with Gasteiger partial charge in [-0.05, 0) is 30.7 Å². The summed E-state index contributed by atoms with van der Waals surface area (Å²) in [6.07, 6.45) is 0.801. The molecule has 130 valence electrons. The Labute approximate surface area is 156 Å². The first-order chi connectivity index (χ1) is 12.1. The van der Waals surface area contributed by atoms with Crippen LogP contribution in [0.25, 0.3) is 21.5 Å². The van der Waals surface area contributed by atoms with Gasteiger partial charge in [0.25, 0.3) is 5.91 Å². The number of aromatic nitrogens is 1. The maximum absolute atomic E-state index is 13.0.